The fourth-order valence-electron chi connectivity index (χ4n) is 2.57. The van der Waals surface area contributed by atoms with Crippen molar-refractivity contribution in [1.29, 1.82) is 0 Å². The Morgan fingerprint density at radius 2 is 1.75 bits per heavy atom. The molecule has 0 fully saturated rings. The average molecular weight is 329 g/mol. The van der Waals surface area contributed by atoms with Crippen LogP contribution >= 0.6 is 15.9 Å². The van der Waals surface area contributed by atoms with Crippen molar-refractivity contribution in [3.05, 3.63) is 83.2 Å². The molecule has 0 nitrogen and oxygen atoms in total. The number of fused-ring (bicyclic) bond motifs is 1. The molecule has 1 atom stereocenters. The fourth-order valence-corrected chi connectivity index (χ4v) is 3.46. The van der Waals surface area contributed by atoms with Crippen molar-refractivity contribution >= 4 is 26.7 Å². The van der Waals surface area contributed by atoms with Crippen molar-refractivity contribution in [2.75, 3.05) is 0 Å². The normalized spacial score (nSPS) is 12.6. The van der Waals surface area contributed by atoms with E-state index in [1.54, 1.807) is 12.1 Å². The highest BCUT2D eigenvalue weighted by Gasteiger charge is 2.16. The Kier molecular flexibility index (Phi) is 3.58. The highest BCUT2D eigenvalue weighted by atomic mass is 79.9. The molecule has 0 aliphatic rings. The third-order valence-electron chi connectivity index (χ3n) is 3.58. The molecule has 0 aliphatic carbocycles. The zero-order valence-corrected chi connectivity index (χ0v) is 12.7. The summed E-state index contributed by atoms with van der Waals surface area (Å²) in [5.74, 6) is -0.204. The maximum Gasteiger partial charge on any atom is 0.123 e. The molecule has 1 unspecified atom stereocenters. The van der Waals surface area contributed by atoms with E-state index >= 15 is 0 Å². The minimum absolute atomic E-state index is 0.00991. The van der Waals surface area contributed by atoms with Crippen LogP contribution in [0.25, 0.3) is 10.8 Å². The molecular formula is C18H14BrF. The predicted molar refractivity (Wildman–Crippen MR) is 85.9 cm³/mol. The average Bonchev–Trinajstić information content (AvgIpc) is 2.46. The van der Waals surface area contributed by atoms with Gasteiger partial charge in [-0.15, -0.1) is 0 Å². The number of hydrogen-bond donors (Lipinski definition) is 0. The van der Waals surface area contributed by atoms with Gasteiger partial charge in [-0.3, -0.25) is 0 Å². The molecule has 0 aliphatic heterocycles. The zero-order valence-electron chi connectivity index (χ0n) is 11.1. The summed E-state index contributed by atoms with van der Waals surface area (Å²) in [6.07, 6.45) is 0. The van der Waals surface area contributed by atoms with Crippen LogP contribution in [0.5, 0.6) is 0 Å². The lowest BCUT2D eigenvalue weighted by Gasteiger charge is -2.17. The third-order valence-corrected chi connectivity index (χ3v) is 4.57. The van der Waals surface area contributed by atoms with Crippen molar-refractivity contribution in [2.24, 2.45) is 0 Å². The molecule has 2 heteroatoms. The number of hydrogen-bond acceptors (Lipinski definition) is 0. The quantitative estimate of drug-likeness (QED) is 0.524. The van der Waals surface area contributed by atoms with Gasteiger partial charge in [0.2, 0.25) is 0 Å². The van der Waals surface area contributed by atoms with Crippen molar-refractivity contribution in [3.8, 4) is 0 Å². The topological polar surface area (TPSA) is 0 Å². The first kappa shape index (κ1) is 13.3. The van der Waals surface area contributed by atoms with Gasteiger partial charge in [0.1, 0.15) is 5.82 Å². The van der Waals surface area contributed by atoms with E-state index in [2.05, 4.69) is 47.1 Å². The number of benzene rings is 3. The van der Waals surface area contributed by atoms with Gasteiger partial charge in [-0.25, -0.2) is 4.39 Å². The molecule has 0 N–H and O–H groups in total. The second-order valence-corrected chi connectivity index (χ2v) is 5.85. The third kappa shape index (κ3) is 2.36. The summed E-state index contributed by atoms with van der Waals surface area (Å²) in [7, 11) is 0. The largest absolute Gasteiger partial charge is 0.207 e. The van der Waals surface area contributed by atoms with Crippen molar-refractivity contribution in [3.63, 3.8) is 0 Å². The Bertz CT molecular complexity index is 764. The van der Waals surface area contributed by atoms with Crippen molar-refractivity contribution < 1.29 is 4.39 Å². The number of halogens is 2. The lowest BCUT2D eigenvalue weighted by atomic mass is 9.94. The van der Waals surface area contributed by atoms with Crippen LogP contribution in [0.3, 0.4) is 0 Å². The molecule has 3 aromatic rings. The van der Waals surface area contributed by atoms with Gasteiger partial charge >= 0.3 is 0 Å². The van der Waals surface area contributed by atoms with E-state index in [0.29, 0.717) is 0 Å². The smallest absolute Gasteiger partial charge is 0.123 e. The summed E-state index contributed by atoms with van der Waals surface area (Å²) in [5, 5.41) is 2.41. The molecule has 3 aromatic carbocycles. The Morgan fingerprint density at radius 3 is 2.55 bits per heavy atom. The standard InChI is InChI=1S/C18H14BrF/c1-12-9-10-13-5-2-3-8-16(13)17(12)18(19)14-6-4-7-15(20)11-14/h2-11,18H,1H3. The molecule has 0 saturated carbocycles. The van der Waals surface area contributed by atoms with Gasteiger partial charge in [0.15, 0.2) is 0 Å². The van der Waals surface area contributed by atoms with Gasteiger partial charge in [0, 0.05) is 0 Å². The van der Waals surface area contributed by atoms with E-state index in [9.17, 15) is 4.39 Å². The molecule has 20 heavy (non-hydrogen) atoms. The van der Waals surface area contributed by atoms with E-state index < -0.39 is 0 Å². The second kappa shape index (κ2) is 5.37. The van der Waals surface area contributed by atoms with Gasteiger partial charge in [-0.2, -0.15) is 0 Å². The van der Waals surface area contributed by atoms with E-state index in [-0.39, 0.29) is 10.6 Å². The maximum atomic E-state index is 13.4. The zero-order chi connectivity index (χ0) is 14.1. The van der Waals surface area contributed by atoms with Crippen molar-refractivity contribution in [2.45, 2.75) is 11.8 Å². The molecule has 0 spiro atoms. The molecule has 0 radical (unpaired) electrons. The summed E-state index contributed by atoms with van der Waals surface area (Å²) in [5.41, 5.74) is 3.34. The van der Waals surface area contributed by atoms with E-state index in [1.165, 1.54) is 28.0 Å². The first-order chi connectivity index (χ1) is 9.66. The Morgan fingerprint density at radius 1 is 0.950 bits per heavy atom. The SMILES string of the molecule is Cc1ccc2ccccc2c1C(Br)c1cccc(F)c1. The van der Waals surface area contributed by atoms with Crippen LogP contribution in [0.4, 0.5) is 4.39 Å². The minimum Gasteiger partial charge on any atom is -0.207 e. The van der Waals surface area contributed by atoms with Gasteiger partial charge in [0.25, 0.3) is 0 Å². The van der Waals surface area contributed by atoms with Gasteiger partial charge in [-0.05, 0) is 46.5 Å². The highest BCUT2D eigenvalue weighted by molar-refractivity contribution is 9.09. The number of aryl methyl sites for hydroxylation is 1. The lowest BCUT2D eigenvalue weighted by Crippen LogP contribution is -1.98. The maximum absolute atomic E-state index is 13.4. The van der Waals surface area contributed by atoms with Crippen LogP contribution in [-0.2, 0) is 0 Å². The van der Waals surface area contributed by atoms with Crippen LogP contribution in [0, 0.1) is 12.7 Å². The van der Waals surface area contributed by atoms with Crippen LogP contribution in [0.15, 0.2) is 60.7 Å². The molecule has 0 saturated heterocycles. The molecule has 0 bridgehead atoms. The Hall–Kier alpha value is -1.67. The summed E-state index contributed by atoms with van der Waals surface area (Å²) in [6.45, 7) is 2.09. The van der Waals surface area contributed by atoms with Crippen molar-refractivity contribution in [1.82, 2.24) is 0 Å². The summed E-state index contributed by atoms with van der Waals surface area (Å²) < 4.78 is 13.4. The van der Waals surface area contributed by atoms with Crippen LogP contribution in [-0.4, -0.2) is 0 Å². The van der Waals surface area contributed by atoms with Gasteiger partial charge < -0.3 is 0 Å². The van der Waals surface area contributed by atoms with E-state index in [1.807, 2.05) is 18.2 Å². The summed E-state index contributed by atoms with van der Waals surface area (Å²) in [4.78, 5) is -0.00991. The van der Waals surface area contributed by atoms with Crippen LogP contribution < -0.4 is 0 Å². The molecule has 0 aromatic heterocycles. The number of rotatable bonds is 2. The van der Waals surface area contributed by atoms with E-state index in [4.69, 9.17) is 0 Å². The van der Waals surface area contributed by atoms with Crippen LogP contribution in [0.2, 0.25) is 0 Å². The lowest BCUT2D eigenvalue weighted by molar-refractivity contribution is 0.626. The monoisotopic (exact) mass is 328 g/mol. The molecular weight excluding hydrogens is 315 g/mol. The highest BCUT2D eigenvalue weighted by Crippen LogP contribution is 2.37. The van der Waals surface area contributed by atoms with Gasteiger partial charge in [0.05, 0.1) is 4.83 Å². The van der Waals surface area contributed by atoms with Gasteiger partial charge in [-0.1, -0.05) is 64.5 Å². The first-order valence-electron chi connectivity index (χ1n) is 6.54. The second-order valence-electron chi connectivity index (χ2n) is 4.93. The van der Waals surface area contributed by atoms with Crippen LogP contribution in [0.1, 0.15) is 21.5 Å². The Labute approximate surface area is 126 Å². The molecule has 0 heterocycles. The fraction of sp³-hybridized carbons (Fsp3) is 0.111. The Balaban J connectivity index is 2.21. The summed E-state index contributed by atoms with van der Waals surface area (Å²) >= 11 is 3.73. The van der Waals surface area contributed by atoms with E-state index in [0.717, 1.165) is 5.56 Å². The summed E-state index contributed by atoms with van der Waals surface area (Å²) in [6, 6.07) is 19.3. The first-order valence-corrected chi connectivity index (χ1v) is 7.46. The molecule has 0 amide bonds. The number of alkyl halides is 1. The minimum atomic E-state index is -0.204. The molecule has 3 rings (SSSR count). The predicted octanol–water partition coefficient (Wildman–Crippen LogP) is 5.77. The molecule has 100 valence electrons.